The smallest absolute Gasteiger partial charge is 0.188 e. The summed E-state index contributed by atoms with van der Waals surface area (Å²) in [4.78, 5) is 8.29. The van der Waals surface area contributed by atoms with E-state index in [1.54, 1.807) is 12.4 Å². The van der Waals surface area contributed by atoms with Crippen LogP contribution in [-0.4, -0.2) is 30.1 Å². The van der Waals surface area contributed by atoms with E-state index < -0.39 is 0 Å². The van der Waals surface area contributed by atoms with Crippen molar-refractivity contribution in [3.63, 3.8) is 0 Å². The van der Waals surface area contributed by atoms with Crippen LogP contribution in [-0.2, 0) is 0 Å². The molecule has 0 aliphatic heterocycles. The van der Waals surface area contributed by atoms with Gasteiger partial charge in [0.05, 0.1) is 12.7 Å². The van der Waals surface area contributed by atoms with Crippen molar-refractivity contribution in [1.29, 1.82) is 0 Å². The molecule has 0 amide bonds. The van der Waals surface area contributed by atoms with Gasteiger partial charge in [-0.15, -0.1) is 24.0 Å². The first-order chi connectivity index (χ1) is 9.84. The van der Waals surface area contributed by atoms with E-state index in [1.807, 2.05) is 12.1 Å². The van der Waals surface area contributed by atoms with E-state index in [1.165, 1.54) is 38.5 Å². The topological polar surface area (TPSA) is 72.5 Å². The van der Waals surface area contributed by atoms with Gasteiger partial charge in [-0.2, -0.15) is 0 Å². The number of guanidine groups is 1. The van der Waals surface area contributed by atoms with Gasteiger partial charge in [-0.05, 0) is 25.0 Å². The maximum absolute atomic E-state index is 5.91. The van der Waals surface area contributed by atoms with Crippen molar-refractivity contribution < 1.29 is 4.74 Å². The average molecular weight is 404 g/mol. The first-order valence-corrected chi connectivity index (χ1v) is 7.44. The molecule has 1 aromatic rings. The van der Waals surface area contributed by atoms with Crippen LogP contribution in [0.4, 0.5) is 0 Å². The number of pyridine rings is 1. The van der Waals surface area contributed by atoms with Crippen LogP contribution in [0.15, 0.2) is 29.5 Å². The fourth-order valence-corrected chi connectivity index (χ4v) is 2.44. The highest BCUT2D eigenvalue weighted by molar-refractivity contribution is 14.0. The molecule has 3 N–H and O–H groups in total. The zero-order chi connectivity index (χ0) is 14.0. The molecule has 0 aromatic carbocycles. The molecule has 0 spiro atoms. The summed E-state index contributed by atoms with van der Waals surface area (Å²) in [6, 6.07) is 4.21. The minimum absolute atomic E-state index is 0. The third-order valence-electron chi connectivity index (χ3n) is 3.48. The van der Waals surface area contributed by atoms with E-state index in [0.717, 1.165) is 5.75 Å². The number of nitrogens with two attached hydrogens (primary N) is 1. The molecule has 118 valence electrons. The molecule has 1 aromatic heterocycles. The molecule has 1 heterocycles. The molecule has 21 heavy (non-hydrogen) atoms. The maximum Gasteiger partial charge on any atom is 0.188 e. The number of hydrogen-bond donors (Lipinski definition) is 2. The van der Waals surface area contributed by atoms with Crippen LogP contribution in [0, 0.1) is 0 Å². The Labute approximate surface area is 143 Å². The first kappa shape index (κ1) is 18.0. The van der Waals surface area contributed by atoms with Gasteiger partial charge >= 0.3 is 0 Å². The van der Waals surface area contributed by atoms with Crippen LogP contribution in [0.25, 0.3) is 0 Å². The van der Waals surface area contributed by atoms with E-state index >= 15 is 0 Å². The zero-order valence-corrected chi connectivity index (χ0v) is 14.7. The molecule has 1 aliphatic rings. The summed E-state index contributed by atoms with van der Waals surface area (Å²) in [6.07, 6.45) is 11.1. The molecule has 0 radical (unpaired) electrons. The molecular weight excluding hydrogens is 379 g/mol. The Morgan fingerprint density at radius 2 is 2.10 bits per heavy atom. The van der Waals surface area contributed by atoms with E-state index in [-0.39, 0.29) is 24.0 Å². The van der Waals surface area contributed by atoms with Gasteiger partial charge in [-0.25, -0.2) is 4.99 Å². The lowest BCUT2D eigenvalue weighted by Crippen LogP contribution is -2.40. The normalized spacial score (nSPS) is 16.7. The number of nitrogens with one attached hydrogen (secondary N) is 1. The summed E-state index contributed by atoms with van der Waals surface area (Å²) in [6.45, 7) is 1.07. The molecule has 0 atom stereocenters. The highest BCUT2D eigenvalue weighted by Crippen LogP contribution is 2.16. The van der Waals surface area contributed by atoms with Gasteiger partial charge < -0.3 is 15.8 Å². The third kappa shape index (κ3) is 7.50. The lowest BCUT2D eigenvalue weighted by atomic mass is 10.1. The fraction of sp³-hybridized carbons (Fsp3) is 0.600. The Hall–Kier alpha value is -1.05. The molecule has 0 bridgehead atoms. The largest absolute Gasteiger partial charge is 0.490 e. The highest BCUT2D eigenvalue weighted by atomic mass is 127. The van der Waals surface area contributed by atoms with Gasteiger partial charge in [0.1, 0.15) is 12.4 Å². The van der Waals surface area contributed by atoms with Crippen molar-refractivity contribution >= 4 is 29.9 Å². The Bertz CT molecular complexity index is 405. The van der Waals surface area contributed by atoms with Crippen LogP contribution in [0.5, 0.6) is 5.75 Å². The van der Waals surface area contributed by atoms with Gasteiger partial charge in [0.2, 0.25) is 0 Å². The lowest BCUT2D eigenvalue weighted by Gasteiger charge is -2.16. The SMILES string of the molecule is I.NC(=NCCOc1cccnc1)NC1CCCCCC1. The van der Waals surface area contributed by atoms with Crippen molar-refractivity contribution in [1.82, 2.24) is 10.3 Å². The number of aromatic nitrogens is 1. The molecule has 5 nitrogen and oxygen atoms in total. The molecule has 1 saturated carbocycles. The predicted octanol–water partition coefficient (Wildman–Crippen LogP) is 2.71. The Kier molecular flexibility index (Phi) is 9.12. The molecule has 0 saturated heterocycles. The molecule has 1 aliphatic carbocycles. The zero-order valence-electron chi connectivity index (χ0n) is 12.3. The van der Waals surface area contributed by atoms with Gasteiger partial charge in [0.25, 0.3) is 0 Å². The molecular formula is C15H25IN4O. The van der Waals surface area contributed by atoms with E-state index in [2.05, 4.69) is 15.3 Å². The van der Waals surface area contributed by atoms with Gasteiger partial charge in [-0.3, -0.25) is 4.98 Å². The van der Waals surface area contributed by atoms with E-state index in [4.69, 9.17) is 10.5 Å². The Morgan fingerprint density at radius 1 is 1.33 bits per heavy atom. The van der Waals surface area contributed by atoms with Crippen LogP contribution in [0.3, 0.4) is 0 Å². The highest BCUT2D eigenvalue weighted by Gasteiger charge is 2.11. The summed E-state index contributed by atoms with van der Waals surface area (Å²) in [5, 5.41) is 3.32. The second kappa shape index (κ2) is 10.6. The number of ether oxygens (including phenoxy) is 1. The Morgan fingerprint density at radius 3 is 2.76 bits per heavy atom. The molecule has 1 fully saturated rings. The summed E-state index contributed by atoms with van der Waals surface area (Å²) in [5.74, 6) is 1.30. The second-order valence-electron chi connectivity index (χ2n) is 5.14. The van der Waals surface area contributed by atoms with E-state index in [9.17, 15) is 0 Å². The molecule has 6 heteroatoms. The lowest BCUT2D eigenvalue weighted by molar-refractivity contribution is 0.327. The number of hydrogen-bond acceptors (Lipinski definition) is 3. The quantitative estimate of drug-likeness (QED) is 0.260. The average Bonchev–Trinajstić information content (AvgIpc) is 2.73. The standard InChI is InChI=1S/C15H24N4O.HI/c16-15(19-13-6-3-1-2-4-7-13)18-10-11-20-14-8-5-9-17-12-14;/h5,8-9,12-13H,1-4,6-7,10-11H2,(H3,16,18,19);1H. The van der Waals surface area contributed by atoms with Crippen molar-refractivity contribution in [3.8, 4) is 5.75 Å². The van der Waals surface area contributed by atoms with Crippen molar-refractivity contribution in [2.45, 2.75) is 44.6 Å². The first-order valence-electron chi connectivity index (χ1n) is 7.44. The number of halogens is 1. The summed E-state index contributed by atoms with van der Waals surface area (Å²) >= 11 is 0. The molecule has 2 rings (SSSR count). The van der Waals surface area contributed by atoms with Gasteiger partial charge in [0.15, 0.2) is 5.96 Å². The number of nitrogens with zero attached hydrogens (tertiary/aromatic N) is 2. The van der Waals surface area contributed by atoms with Crippen LogP contribution in [0.1, 0.15) is 38.5 Å². The summed E-state index contributed by atoms with van der Waals surface area (Å²) in [5.41, 5.74) is 5.91. The van der Waals surface area contributed by atoms with Crippen LogP contribution in [0.2, 0.25) is 0 Å². The van der Waals surface area contributed by atoms with Crippen LogP contribution < -0.4 is 15.8 Å². The predicted molar refractivity (Wildman–Crippen MR) is 96.3 cm³/mol. The third-order valence-corrected chi connectivity index (χ3v) is 3.48. The minimum atomic E-state index is 0. The monoisotopic (exact) mass is 404 g/mol. The van der Waals surface area contributed by atoms with Gasteiger partial charge in [0, 0.05) is 12.2 Å². The fourth-order valence-electron chi connectivity index (χ4n) is 2.44. The van der Waals surface area contributed by atoms with Crippen molar-refractivity contribution in [2.75, 3.05) is 13.2 Å². The second-order valence-corrected chi connectivity index (χ2v) is 5.14. The number of rotatable bonds is 5. The summed E-state index contributed by atoms with van der Waals surface area (Å²) < 4.78 is 5.51. The Balaban J connectivity index is 0.00000220. The minimum Gasteiger partial charge on any atom is -0.490 e. The number of aliphatic imine (C=N–C) groups is 1. The molecule has 0 unspecified atom stereocenters. The summed E-state index contributed by atoms with van der Waals surface area (Å²) in [7, 11) is 0. The van der Waals surface area contributed by atoms with Crippen LogP contribution >= 0.6 is 24.0 Å². The van der Waals surface area contributed by atoms with Crippen molar-refractivity contribution in [3.05, 3.63) is 24.5 Å². The van der Waals surface area contributed by atoms with Gasteiger partial charge in [-0.1, -0.05) is 25.7 Å². The van der Waals surface area contributed by atoms with E-state index in [0.29, 0.717) is 25.2 Å². The maximum atomic E-state index is 5.91. The van der Waals surface area contributed by atoms with Crippen molar-refractivity contribution in [2.24, 2.45) is 10.7 Å².